The van der Waals surface area contributed by atoms with E-state index in [0.29, 0.717) is 35.4 Å². The number of benzene rings is 1. The van der Waals surface area contributed by atoms with Crippen LogP contribution in [0, 0.1) is 5.82 Å². The van der Waals surface area contributed by atoms with Gasteiger partial charge in [0.05, 0.1) is 19.8 Å². The molecule has 0 saturated carbocycles. The maximum atomic E-state index is 13.9. The van der Waals surface area contributed by atoms with E-state index in [1.165, 1.54) is 34.4 Å². The Morgan fingerprint density at radius 2 is 2.19 bits per heavy atom. The number of anilines is 1. The summed E-state index contributed by atoms with van der Waals surface area (Å²) in [6.07, 6.45) is 4.01. The predicted molar refractivity (Wildman–Crippen MR) is 103 cm³/mol. The van der Waals surface area contributed by atoms with Crippen LogP contribution in [0.3, 0.4) is 0 Å². The summed E-state index contributed by atoms with van der Waals surface area (Å²) >= 11 is 1.51. The van der Waals surface area contributed by atoms with Gasteiger partial charge in [-0.25, -0.2) is 9.37 Å². The first-order valence-electron chi connectivity index (χ1n) is 9.00. The maximum Gasteiger partial charge on any atom is 0.257 e. The van der Waals surface area contributed by atoms with Crippen LogP contribution >= 0.6 is 11.3 Å². The lowest BCUT2D eigenvalue weighted by Gasteiger charge is -2.20. The van der Waals surface area contributed by atoms with Crippen LogP contribution in [0.2, 0.25) is 0 Å². The lowest BCUT2D eigenvalue weighted by Crippen LogP contribution is -2.26. The molecule has 1 saturated heterocycles. The van der Waals surface area contributed by atoms with E-state index < -0.39 is 5.82 Å². The van der Waals surface area contributed by atoms with Crippen LogP contribution < -0.4 is 10.6 Å². The van der Waals surface area contributed by atoms with Crippen molar-refractivity contribution in [1.82, 2.24) is 10.3 Å². The molecular formula is C19H24FN3O3S. The molecule has 0 unspecified atom stereocenters. The van der Waals surface area contributed by atoms with Crippen LogP contribution in [0.25, 0.3) is 0 Å². The molecule has 1 aliphatic rings. The average molecular weight is 393 g/mol. The number of aromatic nitrogens is 1. The minimum atomic E-state index is -0.397. The topological polar surface area (TPSA) is 72.5 Å². The summed E-state index contributed by atoms with van der Waals surface area (Å²) in [5.41, 5.74) is 0.716. The van der Waals surface area contributed by atoms with Gasteiger partial charge in [0.1, 0.15) is 5.82 Å². The fourth-order valence-corrected chi connectivity index (χ4v) is 3.94. The smallest absolute Gasteiger partial charge is 0.257 e. The molecule has 2 aromatic rings. The summed E-state index contributed by atoms with van der Waals surface area (Å²) in [5.74, 6) is -0.207. The van der Waals surface area contributed by atoms with Crippen molar-refractivity contribution in [3.8, 4) is 0 Å². The van der Waals surface area contributed by atoms with E-state index in [-0.39, 0.29) is 12.5 Å². The molecule has 1 fully saturated rings. The quantitative estimate of drug-likeness (QED) is 0.674. The molecule has 2 N–H and O–H groups in total. The molecule has 6 nitrogen and oxygen atoms in total. The first kappa shape index (κ1) is 19.9. The molecule has 1 aliphatic heterocycles. The van der Waals surface area contributed by atoms with Crippen molar-refractivity contribution in [1.29, 1.82) is 0 Å². The second-order valence-corrected chi connectivity index (χ2v) is 7.46. The molecule has 27 heavy (non-hydrogen) atoms. The van der Waals surface area contributed by atoms with Crippen LogP contribution in [0.1, 0.15) is 39.6 Å². The second kappa shape index (κ2) is 9.89. The Hall–Kier alpha value is -1.87. The van der Waals surface area contributed by atoms with E-state index in [9.17, 15) is 9.18 Å². The Balaban J connectivity index is 1.61. The lowest BCUT2D eigenvalue weighted by molar-refractivity contribution is 0.0604. The van der Waals surface area contributed by atoms with Gasteiger partial charge >= 0.3 is 0 Å². The zero-order valence-electron chi connectivity index (χ0n) is 15.3. The van der Waals surface area contributed by atoms with Gasteiger partial charge < -0.3 is 14.8 Å². The molecule has 1 aromatic heterocycles. The Labute approximate surface area is 162 Å². The van der Waals surface area contributed by atoms with Crippen molar-refractivity contribution in [2.45, 2.75) is 25.4 Å². The number of hydrogen-bond acceptors (Lipinski definition) is 6. The highest BCUT2D eigenvalue weighted by atomic mass is 32.1. The zero-order valence-corrected chi connectivity index (χ0v) is 16.1. The number of carbonyl (C=O) groups excluding carboxylic acids is 1. The number of piperidine rings is 1. The average Bonchev–Trinajstić information content (AvgIpc) is 3.15. The van der Waals surface area contributed by atoms with Crippen molar-refractivity contribution in [3.05, 3.63) is 46.2 Å². The Kier molecular flexibility index (Phi) is 7.28. The second-order valence-electron chi connectivity index (χ2n) is 6.40. The maximum absolute atomic E-state index is 13.9. The van der Waals surface area contributed by atoms with Crippen molar-refractivity contribution in [3.63, 3.8) is 0 Å². The first-order valence-corrected chi connectivity index (χ1v) is 9.82. The van der Waals surface area contributed by atoms with Crippen LogP contribution in [0.15, 0.2) is 24.4 Å². The molecule has 0 atom stereocenters. The van der Waals surface area contributed by atoms with Gasteiger partial charge in [-0.1, -0.05) is 0 Å². The van der Waals surface area contributed by atoms with Gasteiger partial charge in [-0.3, -0.25) is 10.1 Å². The molecule has 0 radical (unpaired) electrons. The van der Waals surface area contributed by atoms with Crippen LogP contribution in [0.4, 0.5) is 9.52 Å². The Morgan fingerprint density at radius 1 is 1.37 bits per heavy atom. The molecule has 8 heteroatoms. The number of nitrogens with one attached hydrogen (secondary N) is 2. The van der Waals surface area contributed by atoms with E-state index in [4.69, 9.17) is 9.47 Å². The van der Waals surface area contributed by atoms with E-state index in [0.717, 1.165) is 25.9 Å². The number of thiazole rings is 1. The third-order valence-corrected chi connectivity index (χ3v) is 5.56. The molecule has 0 bridgehead atoms. The van der Waals surface area contributed by atoms with Gasteiger partial charge in [-0.15, -0.1) is 11.3 Å². The summed E-state index contributed by atoms with van der Waals surface area (Å²) < 4.78 is 24.2. The van der Waals surface area contributed by atoms with Crippen LogP contribution in [-0.4, -0.2) is 44.3 Å². The number of nitrogens with zero attached hydrogens (tertiary/aromatic N) is 1. The van der Waals surface area contributed by atoms with Crippen molar-refractivity contribution in [2.24, 2.45) is 0 Å². The number of rotatable bonds is 8. The SMILES string of the molecule is COCCOCc1cc(C(=O)Nc2ncc(C3CCNCC3)s2)ccc1F. The fraction of sp³-hybridized carbons (Fsp3) is 0.474. The van der Waals surface area contributed by atoms with Gasteiger partial charge in [0, 0.05) is 29.3 Å². The summed E-state index contributed by atoms with van der Waals surface area (Å²) in [5, 5.41) is 6.72. The Bertz CT molecular complexity index is 762. The molecule has 146 valence electrons. The molecule has 2 heterocycles. The molecule has 3 rings (SSSR count). The van der Waals surface area contributed by atoms with E-state index >= 15 is 0 Å². The summed E-state index contributed by atoms with van der Waals surface area (Å²) in [6.45, 7) is 2.91. The normalized spacial score (nSPS) is 15.0. The standard InChI is InChI=1S/C19H24FN3O3S/c1-25-8-9-26-12-15-10-14(2-3-16(15)20)18(24)23-19-22-11-17(27-19)13-4-6-21-7-5-13/h2-3,10-11,13,21H,4-9,12H2,1H3,(H,22,23,24). The minimum absolute atomic E-state index is 0.0907. The number of methoxy groups -OCH3 is 1. The highest BCUT2D eigenvalue weighted by molar-refractivity contribution is 7.15. The van der Waals surface area contributed by atoms with Gasteiger partial charge in [0.2, 0.25) is 0 Å². The van der Waals surface area contributed by atoms with E-state index in [2.05, 4.69) is 15.6 Å². The summed E-state index contributed by atoms with van der Waals surface area (Å²) in [4.78, 5) is 18.0. The van der Waals surface area contributed by atoms with E-state index in [1.807, 2.05) is 6.20 Å². The molecular weight excluding hydrogens is 369 g/mol. The molecule has 0 spiro atoms. The van der Waals surface area contributed by atoms with Gasteiger partial charge in [-0.2, -0.15) is 0 Å². The number of hydrogen-bond donors (Lipinski definition) is 2. The van der Waals surface area contributed by atoms with Gasteiger partial charge in [-0.05, 0) is 50.0 Å². The third-order valence-electron chi connectivity index (χ3n) is 4.48. The third kappa shape index (κ3) is 5.55. The zero-order chi connectivity index (χ0) is 19.1. The minimum Gasteiger partial charge on any atom is -0.382 e. The summed E-state index contributed by atoms with van der Waals surface area (Å²) in [7, 11) is 1.57. The van der Waals surface area contributed by atoms with E-state index in [1.54, 1.807) is 7.11 Å². The number of halogens is 1. The number of ether oxygens (including phenoxy) is 2. The predicted octanol–water partition coefficient (Wildman–Crippen LogP) is 3.16. The fourth-order valence-electron chi connectivity index (χ4n) is 2.96. The molecule has 0 aliphatic carbocycles. The van der Waals surface area contributed by atoms with Gasteiger partial charge in [0.15, 0.2) is 5.13 Å². The van der Waals surface area contributed by atoms with Crippen LogP contribution in [0.5, 0.6) is 0 Å². The molecule has 1 amide bonds. The van der Waals surface area contributed by atoms with Crippen molar-refractivity contribution in [2.75, 3.05) is 38.7 Å². The van der Waals surface area contributed by atoms with Gasteiger partial charge in [0.25, 0.3) is 5.91 Å². The number of carbonyl (C=O) groups is 1. The lowest BCUT2D eigenvalue weighted by atomic mass is 9.97. The largest absolute Gasteiger partial charge is 0.382 e. The molecule has 1 aromatic carbocycles. The highest BCUT2D eigenvalue weighted by Gasteiger charge is 2.19. The van der Waals surface area contributed by atoms with Crippen LogP contribution in [-0.2, 0) is 16.1 Å². The first-order chi connectivity index (χ1) is 13.2. The number of amides is 1. The Morgan fingerprint density at radius 3 is 2.96 bits per heavy atom. The van der Waals surface area contributed by atoms with Crippen molar-refractivity contribution >= 4 is 22.4 Å². The van der Waals surface area contributed by atoms with Crippen molar-refractivity contribution < 1.29 is 18.7 Å². The monoisotopic (exact) mass is 393 g/mol. The highest BCUT2D eigenvalue weighted by Crippen LogP contribution is 2.31. The summed E-state index contributed by atoms with van der Waals surface area (Å²) in [6, 6.07) is 4.26.